The lowest BCUT2D eigenvalue weighted by atomic mass is 10.1. The smallest absolute Gasteiger partial charge is 0.379 e. The Balaban J connectivity index is 1.67. The second-order valence-corrected chi connectivity index (χ2v) is 5.26. The predicted molar refractivity (Wildman–Crippen MR) is 76.1 cm³/mol. The van der Waals surface area contributed by atoms with Crippen LogP contribution in [0.1, 0.15) is 28.4 Å². The van der Waals surface area contributed by atoms with E-state index in [0.717, 1.165) is 30.7 Å². The zero-order valence-corrected chi connectivity index (χ0v) is 12.0. The first kappa shape index (κ1) is 15.5. The van der Waals surface area contributed by atoms with Gasteiger partial charge in [-0.15, -0.1) is 0 Å². The molecule has 1 saturated heterocycles. The molecule has 0 aliphatic carbocycles. The summed E-state index contributed by atoms with van der Waals surface area (Å²) in [6.45, 7) is 1.26. The maximum atomic E-state index is 12.5. The minimum absolute atomic E-state index is 0.145. The van der Waals surface area contributed by atoms with Crippen LogP contribution in [0, 0.1) is 0 Å². The molecule has 1 amide bonds. The van der Waals surface area contributed by atoms with E-state index in [-0.39, 0.29) is 11.6 Å². The Kier molecular flexibility index (Phi) is 4.08. The molecule has 1 aromatic heterocycles. The van der Waals surface area contributed by atoms with Crippen molar-refractivity contribution in [1.82, 2.24) is 9.78 Å². The van der Waals surface area contributed by atoms with Crippen LogP contribution in [-0.2, 0) is 10.9 Å². The van der Waals surface area contributed by atoms with Crippen LogP contribution >= 0.6 is 0 Å². The summed E-state index contributed by atoms with van der Waals surface area (Å²) >= 11 is 0. The van der Waals surface area contributed by atoms with Gasteiger partial charge in [-0.25, -0.2) is 0 Å². The number of nitrogens with zero attached hydrogens (tertiary/aromatic N) is 2. The number of carbonyl (C=O) groups excluding carboxylic acids is 1. The summed E-state index contributed by atoms with van der Waals surface area (Å²) in [4.78, 5) is 12.1. The molecular weight excluding hydrogens is 311 g/mol. The number of rotatable bonds is 3. The van der Waals surface area contributed by atoms with E-state index in [0.29, 0.717) is 18.9 Å². The largest absolute Gasteiger partial charge is 0.416 e. The molecule has 1 aromatic carbocycles. The lowest BCUT2D eigenvalue weighted by Crippen LogP contribution is -2.13. The summed E-state index contributed by atoms with van der Waals surface area (Å²) in [6, 6.07) is 4.20. The van der Waals surface area contributed by atoms with Gasteiger partial charge in [0.1, 0.15) is 0 Å². The Hall–Kier alpha value is -2.35. The minimum Gasteiger partial charge on any atom is -0.379 e. The third kappa shape index (κ3) is 3.53. The van der Waals surface area contributed by atoms with E-state index in [2.05, 4.69) is 10.4 Å². The highest BCUT2D eigenvalue weighted by Gasteiger charge is 2.30. The van der Waals surface area contributed by atoms with Crippen LogP contribution in [0.2, 0.25) is 0 Å². The van der Waals surface area contributed by atoms with Crippen molar-refractivity contribution in [3.8, 4) is 0 Å². The Morgan fingerprint density at radius 2 is 2.04 bits per heavy atom. The summed E-state index contributed by atoms with van der Waals surface area (Å²) in [6.07, 6.45) is -0.380. The molecule has 0 radical (unpaired) electrons. The van der Waals surface area contributed by atoms with Gasteiger partial charge in [-0.05, 0) is 30.7 Å². The highest BCUT2D eigenvalue weighted by atomic mass is 19.4. The van der Waals surface area contributed by atoms with Gasteiger partial charge in [0.15, 0.2) is 0 Å². The van der Waals surface area contributed by atoms with Crippen molar-refractivity contribution in [3.05, 3.63) is 47.8 Å². The number of halogens is 3. The van der Waals surface area contributed by atoms with Crippen molar-refractivity contribution in [1.29, 1.82) is 0 Å². The number of hydrogen-bond donors (Lipinski definition) is 1. The topological polar surface area (TPSA) is 56.2 Å². The SMILES string of the molecule is O=C(Nc1cnn([C@H]2CCOC2)c1)c1ccc(C(F)(F)F)cc1. The number of hydrogen-bond acceptors (Lipinski definition) is 3. The first-order chi connectivity index (χ1) is 10.9. The van der Waals surface area contributed by atoms with Crippen molar-refractivity contribution < 1.29 is 22.7 Å². The van der Waals surface area contributed by atoms with Gasteiger partial charge in [-0.1, -0.05) is 0 Å². The molecule has 5 nitrogen and oxygen atoms in total. The fourth-order valence-electron chi connectivity index (χ4n) is 2.35. The maximum absolute atomic E-state index is 12.5. The van der Waals surface area contributed by atoms with Gasteiger partial charge < -0.3 is 10.1 Å². The van der Waals surface area contributed by atoms with Crippen LogP contribution < -0.4 is 5.32 Å². The average molecular weight is 325 g/mol. The molecule has 3 rings (SSSR count). The van der Waals surface area contributed by atoms with E-state index in [1.807, 2.05) is 0 Å². The summed E-state index contributed by atoms with van der Waals surface area (Å²) in [7, 11) is 0. The number of alkyl halides is 3. The molecule has 0 spiro atoms. The third-order valence-corrected chi connectivity index (χ3v) is 3.61. The number of anilines is 1. The van der Waals surface area contributed by atoms with Crippen LogP contribution in [-0.4, -0.2) is 28.9 Å². The lowest BCUT2D eigenvalue weighted by Gasteiger charge is -2.08. The Bertz CT molecular complexity index is 689. The van der Waals surface area contributed by atoms with Gasteiger partial charge in [0.25, 0.3) is 5.91 Å². The first-order valence-electron chi connectivity index (χ1n) is 7.04. The molecule has 1 N–H and O–H groups in total. The molecule has 122 valence electrons. The molecule has 0 unspecified atom stereocenters. The second-order valence-electron chi connectivity index (χ2n) is 5.26. The summed E-state index contributed by atoms with van der Waals surface area (Å²) in [5, 5.41) is 6.78. The Labute approximate surface area is 130 Å². The van der Waals surface area contributed by atoms with Crippen molar-refractivity contribution in [3.63, 3.8) is 0 Å². The van der Waals surface area contributed by atoms with E-state index >= 15 is 0 Å². The molecular formula is C15H14F3N3O2. The highest BCUT2D eigenvalue weighted by molar-refractivity contribution is 6.04. The monoisotopic (exact) mass is 325 g/mol. The zero-order valence-electron chi connectivity index (χ0n) is 12.0. The fourth-order valence-corrected chi connectivity index (χ4v) is 2.35. The lowest BCUT2D eigenvalue weighted by molar-refractivity contribution is -0.137. The molecule has 2 aromatic rings. The van der Waals surface area contributed by atoms with Crippen molar-refractivity contribution in [2.45, 2.75) is 18.6 Å². The molecule has 8 heteroatoms. The highest BCUT2D eigenvalue weighted by Crippen LogP contribution is 2.29. The Morgan fingerprint density at radius 3 is 2.65 bits per heavy atom. The number of carbonyl (C=O) groups is 1. The Morgan fingerprint density at radius 1 is 1.30 bits per heavy atom. The number of nitrogens with one attached hydrogen (secondary N) is 1. The summed E-state index contributed by atoms with van der Waals surface area (Å²) < 4.78 is 44.5. The maximum Gasteiger partial charge on any atom is 0.416 e. The third-order valence-electron chi connectivity index (χ3n) is 3.61. The molecule has 1 fully saturated rings. The van der Waals surface area contributed by atoms with Crippen LogP contribution in [0.4, 0.5) is 18.9 Å². The van der Waals surface area contributed by atoms with Crippen LogP contribution in [0.15, 0.2) is 36.7 Å². The zero-order chi connectivity index (χ0) is 16.4. The van der Waals surface area contributed by atoms with Gasteiger partial charge in [0.05, 0.1) is 30.1 Å². The van der Waals surface area contributed by atoms with Gasteiger partial charge in [0, 0.05) is 18.4 Å². The van der Waals surface area contributed by atoms with Crippen molar-refractivity contribution in [2.24, 2.45) is 0 Å². The van der Waals surface area contributed by atoms with Crippen LogP contribution in [0.3, 0.4) is 0 Å². The van der Waals surface area contributed by atoms with Crippen LogP contribution in [0.5, 0.6) is 0 Å². The van der Waals surface area contributed by atoms with Crippen molar-refractivity contribution >= 4 is 11.6 Å². The van der Waals surface area contributed by atoms with Gasteiger partial charge in [0.2, 0.25) is 0 Å². The molecule has 1 aliphatic heterocycles. The first-order valence-corrected chi connectivity index (χ1v) is 7.04. The van der Waals surface area contributed by atoms with Gasteiger partial charge in [-0.3, -0.25) is 9.48 Å². The number of amides is 1. The number of benzene rings is 1. The van der Waals surface area contributed by atoms with E-state index in [1.54, 1.807) is 10.9 Å². The molecule has 1 aliphatic rings. The molecule has 23 heavy (non-hydrogen) atoms. The number of ether oxygens (including phenoxy) is 1. The molecule has 1 atom stereocenters. The van der Waals surface area contributed by atoms with Gasteiger partial charge >= 0.3 is 6.18 Å². The standard InChI is InChI=1S/C15H14F3N3O2/c16-15(17,18)11-3-1-10(2-4-11)14(22)20-12-7-19-21(8-12)13-5-6-23-9-13/h1-4,7-8,13H,5-6,9H2,(H,20,22)/t13-/m0/s1. The molecule has 2 heterocycles. The fraction of sp³-hybridized carbons (Fsp3) is 0.333. The van der Waals surface area contributed by atoms with Crippen LogP contribution in [0.25, 0.3) is 0 Å². The normalized spacial score (nSPS) is 18.1. The molecule has 0 bridgehead atoms. The second kappa shape index (κ2) is 6.04. The van der Waals surface area contributed by atoms with E-state index in [9.17, 15) is 18.0 Å². The quantitative estimate of drug-likeness (QED) is 0.943. The predicted octanol–water partition coefficient (Wildman–Crippen LogP) is 3.12. The number of aromatic nitrogens is 2. The summed E-state index contributed by atoms with van der Waals surface area (Å²) in [5.74, 6) is -0.485. The van der Waals surface area contributed by atoms with Crippen molar-refractivity contribution in [2.75, 3.05) is 18.5 Å². The van der Waals surface area contributed by atoms with E-state index in [4.69, 9.17) is 4.74 Å². The van der Waals surface area contributed by atoms with Gasteiger partial charge in [-0.2, -0.15) is 18.3 Å². The minimum atomic E-state index is -4.42. The summed E-state index contributed by atoms with van der Waals surface area (Å²) in [5.41, 5.74) is -0.153. The van der Waals surface area contributed by atoms with E-state index < -0.39 is 17.6 Å². The average Bonchev–Trinajstić information content (AvgIpc) is 3.17. The van der Waals surface area contributed by atoms with E-state index in [1.165, 1.54) is 6.20 Å². The molecule has 0 saturated carbocycles.